The first-order valence-electron chi connectivity index (χ1n) is 13.7. The van der Waals surface area contributed by atoms with E-state index in [2.05, 4.69) is 29.2 Å². The Balaban J connectivity index is 1.58. The summed E-state index contributed by atoms with van der Waals surface area (Å²) in [6, 6.07) is 20.2. The summed E-state index contributed by atoms with van der Waals surface area (Å²) >= 11 is 0. The van der Waals surface area contributed by atoms with Crippen molar-refractivity contribution in [2.24, 2.45) is 0 Å². The highest BCUT2D eigenvalue weighted by molar-refractivity contribution is 5.86. The van der Waals surface area contributed by atoms with Crippen molar-refractivity contribution in [2.75, 3.05) is 31.6 Å². The molecular formula is C32H40N2O5. The zero-order valence-corrected chi connectivity index (χ0v) is 23.9. The largest absolute Gasteiger partial charge is 0.485 e. The second kappa shape index (κ2) is 12.0. The van der Waals surface area contributed by atoms with E-state index in [1.54, 1.807) is 4.90 Å². The molecule has 1 heterocycles. The number of likely N-dealkylation sites (N-methyl/N-ethyl adjacent to an activating group) is 1. The number of fused-ring (bicyclic) bond motifs is 2. The first-order chi connectivity index (χ1) is 18.6. The van der Waals surface area contributed by atoms with Gasteiger partial charge in [0.25, 0.3) is 0 Å². The maximum absolute atomic E-state index is 13.6. The van der Waals surface area contributed by atoms with Crippen LogP contribution in [0.4, 0.5) is 10.5 Å². The topological polar surface area (TPSA) is 68.3 Å². The Labute approximate surface area is 231 Å². The molecule has 7 nitrogen and oxygen atoms in total. The molecule has 0 N–H and O–H groups in total. The van der Waals surface area contributed by atoms with E-state index in [1.807, 2.05) is 78.1 Å². The van der Waals surface area contributed by atoms with Gasteiger partial charge in [-0.25, -0.2) is 4.79 Å². The number of hydrogen-bond donors (Lipinski definition) is 0. The van der Waals surface area contributed by atoms with Gasteiger partial charge in [0.05, 0.1) is 31.4 Å². The molecule has 208 valence electrons. The summed E-state index contributed by atoms with van der Waals surface area (Å²) in [4.78, 5) is 29.3. The van der Waals surface area contributed by atoms with Gasteiger partial charge in [-0.3, -0.25) is 9.69 Å². The van der Waals surface area contributed by atoms with Gasteiger partial charge in [-0.2, -0.15) is 0 Å². The molecule has 0 aliphatic carbocycles. The molecule has 1 aliphatic heterocycles. The molecule has 1 unspecified atom stereocenters. The minimum absolute atomic E-state index is 0.207. The molecule has 0 aromatic heterocycles. The zero-order chi connectivity index (χ0) is 28.2. The molecule has 0 saturated carbocycles. The van der Waals surface area contributed by atoms with Gasteiger partial charge in [-0.05, 0) is 75.1 Å². The van der Waals surface area contributed by atoms with Crippen molar-refractivity contribution in [2.45, 2.75) is 65.2 Å². The first-order valence-corrected chi connectivity index (χ1v) is 13.7. The summed E-state index contributed by atoms with van der Waals surface area (Å²) in [5, 5.41) is 2.24. The number of esters is 1. The molecule has 0 saturated heterocycles. The molecule has 3 aromatic carbocycles. The normalized spacial score (nSPS) is 15.7. The van der Waals surface area contributed by atoms with Crippen LogP contribution in [0.25, 0.3) is 10.8 Å². The summed E-state index contributed by atoms with van der Waals surface area (Å²) in [6.07, 6.45) is 0.253. The number of ether oxygens (including phenoxy) is 3. The van der Waals surface area contributed by atoms with Crippen molar-refractivity contribution in [1.82, 2.24) is 4.90 Å². The van der Waals surface area contributed by atoms with Crippen LogP contribution in [0.2, 0.25) is 0 Å². The Morgan fingerprint density at radius 1 is 1.10 bits per heavy atom. The van der Waals surface area contributed by atoms with Crippen molar-refractivity contribution in [3.8, 4) is 5.75 Å². The fourth-order valence-electron chi connectivity index (χ4n) is 5.03. The number of carbonyl (C=O) groups is 2. The predicted octanol–water partition coefficient (Wildman–Crippen LogP) is 6.53. The molecule has 1 aliphatic rings. The van der Waals surface area contributed by atoms with Crippen molar-refractivity contribution in [3.63, 3.8) is 0 Å². The van der Waals surface area contributed by atoms with E-state index < -0.39 is 5.60 Å². The Hall–Kier alpha value is -3.74. The van der Waals surface area contributed by atoms with Crippen LogP contribution in [-0.2, 0) is 20.7 Å². The summed E-state index contributed by atoms with van der Waals surface area (Å²) in [5.74, 6) is 0.540. The minimum atomic E-state index is -0.627. The molecule has 0 bridgehead atoms. The number of anilines is 1. The third-order valence-corrected chi connectivity index (χ3v) is 6.90. The molecule has 1 amide bonds. The highest BCUT2D eigenvalue weighted by atomic mass is 16.6. The van der Waals surface area contributed by atoms with Crippen LogP contribution in [0.5, 0.6) is 5.75 Å². The van der Waals surface area contributed by atoms with Crippen molar-refractivity contribution >= 4 is 28.5 Å². The van der Waals surface area contributed by atoms with Crippen LogP contribution in [-0.4, -0.2) is 55.4 Å². The SMILES string of the molecule is CCOC(=O)CCc1ccc2c(c1)OC(CN(C(=O)OC(C)(C)C)[C@H](C)c1cccc3ccccc13)CN2C. The lowest BCUT2D eigenvalue weighted by atomic mass is 9.98. The zero-order valence-electron chi connectivity index (χ0n) is 23.9. The number of aryl methyl sites for hydroxylation is 1. The van der Waals surface area contributed by atoms with Crippen LogP contribution in [0.1, 0.15) is 58.2 Å². The lowest BCUT2D eigenvalue weighted by Gasteiger charge is -2.39. The molecule has 7 heteroatoms. The third kappa shape index (κ3) is 7.02. The predicted molar refractivity (Wildman–Crippen MR) is 154 cm³/mol. The number of amides is 1. The van der Waals surface area contributed by atoms with Gasteiger partial charge >= 0.3 is 12.1 Å². The van der Waals surface area contributed by atoms with Crippen LogP contribution in [0.15, 0.2) is 60.7 Å². The molecule has 0 fully saturated rings. The Morgan fingerprint density at radius 2 is 1.85 bits per heavy atom. The molecule has 0 spiro atoms. The van der Waals surface area contributed by atoms with E-state index in [0.29, 0.717) is 32.5 Å². The summed E-state index contributed by atoms with van der Waals surface area (Å²) < 4.78 is 17.4. The maximum atomic E-state index is 13.6. The molecule has 39 heavy (non-hydrogen) atoms. The van der Waals surface area contributed by atoms with E-state index in [-0.39, 0.29) is 24.2 Å². The van der Waals surface area contributed by atoms with Crippen LogP contribution in [0.3, 0.4) is 0 Å². The van der Waals surface area contributed by atoms with E-state index in [1.165, 1.54) is 0 Å². The van der Waals surface area contributed by atoms with E-state index >= 15 is 0 Å². The Bertz CT molecular complexity index is 1310. The van der Waals surface area contributed by atoms with Crippen molar-refractivity contribution < 1.29 is 23.8 Å². The fraction of sp³-hybridized carbons (Fsp3) is 0.438. The van der Waals surface area contributed by atoms with Crippen molar-refractivity contribution in [3.05, 3.63) is 71.8 Å². The second-order valence-electron chi connectivity index (χ2n) is 11.1. The van der Waals surface area contributed by atoms with Crippen molar-refractivity contribution in [1.29, 1.82) is 0 Å². The van der Waals surface area contributed by atoms with Gasteiger partial charge in [0.2, 0.25) is 0 Å². The average Bonchev–Trinajstić information content (AvgIpc) is 2.89. The fourth-order valence-corrected chi connectivity index (χ4v) is 5.03. The second-order valence-corrected chi connectivity index (χ2v) is 11.1. The molecular weight excluding hydrogens is 492 g/mol. The monoisotopic (exact) mass is 532 g/mol. The first kappa shape index (κ1) is 28.3. The van der Waals surface area contributed by atoms with E-state index in [9.17, 15) is 9.59 Å². The summed E-state index contributed by atoms with van der Waals surface area (Å²) in [5.41, 5.74) is 2.42. The van der Waals surface area contributed by atoms with Crippen LogP contribution >= 0.6 is 0 Å². The third-order valence-electron chi connectivity index (χ3n) is 6.90. The smallest absolute Gasteiger partial charge is 0.410 e. The van der Waals surface area contributed by atoms with Gasteiger partial charge < -0.3 is 19.1 Å². The highest BCUT2D eigenvalue weighted by Crippen LogP contribution is 2.35. The van der Waals surface area contributed by atoms with Crippen LogP contribution in [0, 0.1) is 0 Å². The summed E-state index contributed by atoms with van der Waals surface area (Å²) in [6.45, 7) is 10.8. The quantitative estimate of drug-likeness (QED) is 0.307. The standard InChI is InChI=1S/C32H40N2O5/c1-7-37-30(35)18-16-23-15-17-28-29(19-23)38-25(20-33(28)6)21-34(31(36)39-32(3,4)5)22(2)26-14-10-12-24-11-8-9-13-27(24)26/h8-15,17,19,22,25H,7,16,18,20-21H2,1-6H3/t22-,25?/m1/s1. The molecule has 3 aromatic rings. The van der Waals surface area contributed by atoms with Crippen LogP contribution < -0.4 is 9.64 Å². The maximum Gasteiger partial charge on any atom is 0.410 e. The van der Waals surface area contributed by atoms with Gasteiger partial charge in [-0.15, -0.1) is 0 Å². The lowest BCUT2D eigenvalue weighted by molar-refractivity contribution is -0.143. The van der Waals surface area contributed by atoms with E-state index in [0.717, 1.165) is 33.3 Å². The van der Waals surface area contributed by atoms with E-state index in [4.69, 9.17) is 14.2 Å². The van der Waals surface area contributed by atoms with Gasteiger partial charge in [-0.1, -0.05) is 48.5 Å². The number of benzene rings is 3. The number of rotatable bonds is 8. The van der Waals surface area contributed by atoms with Gasteiger partial charge in [0, 0.05) is 13.5 Å². The lowest BCUT2D eigenvalue weighted by Crippen LogP contribution is -2.48. The number of carbonyl (C=O) groups excluding carboxylic acids is 2. The Kier molecular flexibility index (Phi) is 8.68. The molecule has 0 radical (unpaired) electrons. The summed E-state index contributed by atoms with van der Waals surface area (Å²) in [7, 11) is 2.03. The Morgan fingerprint density at radius 3 is 2.59 bits per heavy atom. The van der Waals surface area contributed by atoms with Gasteiger partial charge in [0.1, 0.15) is 17.5 Å². The molecule has 4 rings (SSSR count). The number of nitrogens with zero attached hydrogens (tertiary/aromatic N) is 2. The number of hydrogen-bond acceptors (Lipinski definition) is 6. The molecule has 2 atom stereocenters. The average molecular weight is 533 g/mol. The van der Waals surface area contributed by atoms with Gasteiger partial charge in [0.15, 0.2) is 0 Å². The minimum Gasteiger partial charge on any atom is -0.485 e. The highest BCUT2D eigenvalue weighted by Gasteiger charge is 2.33.